The Morgan fingerprint density at radius 1 is 1.10 bits per heavy atom. The van der Waals surface area contributed by atoms with Crippen molar-refractivity contribution in [1.29, 1.82) is 0 Å². The molecule has 0 spiro atoms. The average Bonchev–Trinajstić information content (AvgIpc) is 2.97. The maximum Gasteiger partial charge on any atom is 0.270 e. The molecule has 2 aromatic heterocycles. The molecule has 100 valence electrons. The van der Waals surface area contributed by atoms with Crippen molar-refractivity contribution in [1.82, 2.24) is 15.2 Å². The molecular formula is C15H16N5+. The minimum atomic E-state index is 0.402. The lowest BCUT2D eigenvalue weighted by Gasteiger charge is -2.07. The highest BCUT2D eigenvalue weighted by atomic mass is 15.3. The van der Waals surface area contributed by atoms with Gasteiger partial charge in [-0.2, -0.15) is 4.57 Å². The Morgan fingerprint density at radius 3 is 2.75 bits per heavy atom. The number of aromatic nitrogens is 4. The molecule has 20 heavy (non-hydrogen) atoms. The Bertz CT molecular complexity index is 690. The van der Waals surface area contributed by atoms with Crippen LogP contribution in [-0.4, -0.2) is 15.2 Å². The predicted molar refractivity (Wildman–Crippen MR) is 75.1 cm³/mol. The largest absolute Gasteiger partial charge is 0.321 e. The first-order valence-corrected chi connectivity index (χ1v) is 6.50. The zero-order valence-corrected chi connectivity index (χ0v) is 11.0. The highest BCUT2D eigenvalue weighted by molar-refractivity contribution is 5.32. The lowest BCUT2D eigenvalue weighted by atomic mass is 10.1. The molecule has 0 aliphatic rings. The Balaban J connectivity index is 2.01. The van der Waals surface area contributed by atoms with E-state index in [0.29, 0.717) is 6.54 Å². The molecular weight excluding hydrogens is 250 g/mol. The molecule has 1 aromatic carbocycles. The standard InChI is InChI=1S/C15H15N5/c16-10-15-19-18-11-20(15)14-7-4-8-17-13(14)9-12-5-2-1-3-6-12/h1-8,11H,9-10,16H2/p+1. The number of benzene rings is 1. The summed E-state index contributed by atoms with van der Waals surface area (Å²) in [5.41, 5.74) is 8.96. The normalized spacial score (nSPS) is 10.7. The second-order valence-electron chi connectivity index (χ2n) is 4.51. The van der Waals surface area contributed by atoms with Gasteiger partial charge in [0.2, 0.25) is 0 Å². The van der Waals surface area contributed by atoms with Crippen LogP contribution in [0.2, 0.25) is 0 Å². The van der Waals surface area contributed by atoms with Gasteiger partial charge >= 0.3 is 0 Å². The maximum absolute atomic E-state index is 5.72. The van der Waals surface area contributed by atoms with Crippen LogP contribution in [0.1, 0.15) is 17.1 Å². The van der Waals surface area contributed by atoms with Crippen molar-refractivity contribution < 1.29 is 4.57 Å². The zero-order valence-electron chi connectivity index (χ0n) is 11.0. The van der Waals surface area contributed by atoms with Crippen LogP contribution in [0.15, 0.2) is 55.0 Å². The minimum absolute atomic E-state index is 0.402. The number of H-pyrrole nitrogens is 1. The topological polar surface area (TPSA) is 71.5 Å². The van der Waals surface area contributed by atoms with Gasteiger partial charge in [0, 0.05) is 17.7 Å². The van der Waals surface area contributed by atoms with Crippen LogP contribution in [0.25, 0.3) is 5.69 Å². The Morgan fingerprint density at radius 2 is 1.95 bits per heavy atom. The fourth-order valence-corrected chi connectivity index (χ4v) is 2.21. The van der Waals surface area contributed by atoms with E-state index in [0.717, 1.165) is 23.6 Å². The third kappa shape index (κ3) is 2.44. The van der Waals surface area contributed by atoms with Crippen LogP contribution in [-0.2, 0) is 13.0 Å². The number of nitrogens with one attached hydrogen (secondary N) is 1. The summed E-state index contributed by atoms with van der Waals surface area (Å²) >= 11 is 0. The first-order valence-electron chi connectivity index (χ1n) is 6.50. The molecule has 0 unspecified atom stereocenters. The fraction of sp³-hybridized carbons (Fsp3) is 0.133. The van der Waals surface area contributed by atoms with Crippen molar-refractivity contribution in [2.24, 2.45) is 5.73 Å². The highest BCUT2D eigenvalue weighted by Crippen LogP contribution is 2.12. The maximum atomic E-state index is 5.72. The lowest BCUT2D eigenvalue weighted by molar-refractivity contribution is -0.605. The smallest absolute Gasteiger partial charge is 0.270 e. The van der Waals surface area contributed by atoms with Crippen LogP contribution in [0.5, 0.6) is 0 Å². The van der Waals surface area contributed by atoms with E-state index in [1.807, 2.05) is 41.1 Å². The summed E-state index contributed by atoms with van der Waals surface area (Å²) in [7, 11) is 0. The zero-order chi connectivity index (χ0) is 13.8. The van der Waals surface area contributed by atoms with E-state index in [4.69, 9.17) is 5.73 Å². The molecule has 5 nitrogen and oxygen atoms in total. The highest BCUT2D eigenvalue weighted by Gasteiger charge is 2.15. The first-order chi connectivity index (χ1) is 9.88. The van der Waals surface area contributed by atoms with Crippen molar-refractivity contribution in [2.45, 2.75) is 13.0 Å². The molecule has 0 saturated carbocycles. The van der Waals surface area contributed by atoms with E-state index >= 15 is 0 Å². The quantitative estimate of drug-likeness (QED) is 0.695. The molecule has 0 fully saturated rings. The molecule has 5 heteroatoms. The Hall–Kier alpha value is -2.53. The van der Waals surface area contributed by atoms with Crippen LogP contribution < -0.4 is 10.3 Å². The van der Waals surface area contributed by atoms with Crippen LogP contribution in [0, 0.1) is 0 Å². The van der Waals surface area contributed by atoms with Gasteiger partial charge in [0.15, 0.2) is 0 Å². The second kappa shape index (κ2) is 5.63. The fourth-order valence-electron chi connectivity index (χ4n) is 2.21. The van der Waals surface area contributed by atoms with Crippen molar-refractivity contribution in [3.8, 4) is 5.69 Å². The van der Waals surface area contributed by atoms with Crippen molar-refractivity contribution >= 4 is 0 Å². The third-order valence-electron chi connectivity index (χ3n) is 3.19. The van der Waals surface area contributed by atoms with Gasteiger partial charge < -0.3 is 5.73 Å². The Kier molecular flexibility index (Phi) is 3.52. The van der Waals surface area contributed by atoms with E-state index in [2.05, 4.69) is 27.3 Å². The molecule has 0 atom stereocenters. The molecule has 0 saturated heterocycles. The molecule has 3 N–H and O–H groups in total. The van der Waals surface area contributed by atoms with E-state index in [-0.39, 0.29) is 0 Å². The number of rotatable bonds is 4. The average molecular weight is 266 g/mol. The summed E-state index contributed by atoms with van der Waals surface area (Å²) in [6.07, 6.45) is 4.32. The molecule has 0 aliphatic heterocycles. The molecule has 0 amide bonds. The van der Waals surface area contributed by atoms with Gasteiger partial charge in [0.05, 0.1) is 12.2 Å². The molecule has 3 aromatic rings. The van der Waals surface area contributed by atoms with Gasteiger partial charge in [0.1, 0.15) is 5.69 Å². The van der Waals surface area contributed by atoms with E-state index in [1.165, 1.54) is 5.56 Å². The number of nitrogens with zero attached hydrogens (tertiary/aromatic N) is 3. The van der Waals surface area contributed by atoms with Crippen molar-refractivity contribution in [2.75, 3.05) is 0 Å². The van der Waals surface area contributed by atoms with Gasteiger partial charge in [0.25, 0.3) is 12.2 Å². The molecule has 2 heterocycles. The van der Waals surface area contributed by atoms with Crippen LogP contribution in [0.4, 0.5) is 0 Å². The Labute approximate surface area is 117 Å². The second-order valence-corrected chi connectivity index (χ2v) is 4.51. The third-order valence-corrected chi connectivity index (χ3v) is 3.19. The van der Waals surface area contributed by atoms with Gasteiger partial charge in [-0.25, -0.2) is 0 Å². The van der Waals surface area contributed by atoms with Crippen LogP contribution >= 0.6 is 0 Å². The summed E-state index contributed by atoms with van der Waals surface area (Å²) < 4.78 is 1.95. The van der Waals surface area contributed by atoms with E-state index < -0.39 is 0 Å². The summed E-state index contributed by atoms with van der Waals surface area (Å²) in [6, 6.07) is 14.2. The van der Waals surface area contributed by atoms with Gasteiger partial charge in [-0.1, -0.05) is 30.3 Å². The number of aromatic amines is 1. The number of hydrogen-bond donors (Lipinski definition) is 2. The summed E-state index contributed by atoms with van der Waals surface area (Å²) in [5.74, 6) is 0.854. The number of nitrogens with two attached hydrogens (primary N) is 1. The molecule has 0 bridgehead atoms. The summed E-state index contributed by atoms with van der Waals surface area (Å²) in [6.45, 7) is 0.402. The van der Waals surface area contributed by atoms with Crippen LogP contribution in [0.3, 0.4) is 0 Å². The minimum Gasteiger partial charge on any atom is -0.321 e. The van der Waals surface area contributed by atoms with Gasteiger partial charge in [-0.05, 0) is 17.7 Å². The van der Waals surface area contributed by atoms with Crippen molar-refractivity contribution in [3.63, 3.8) is 0 Å². The summed E-state index contributed by atoms with van der Waals surface area (Å²) in [4.78, 5) is 4.50. The SMILES string of the molecule is NCc1[nH]nc[n+]1-c1cccnc1Cc1ccccc1. The van der Waals surface area contributed by atoms with Gasteiger partial charge in [-0.15, -0.1) is 5.10 Å². The number of hydrogen-bond acceptors (Lipinski definition) is 3. The summed E-state index contributed by atoms with van der Waals surface area (Å²) in [5, 5.41) is 6.95. The van der Waals surface area contributed by atoms with E-state index in [1.54, 1.807) is 6.33 Å². The monoisotopic (exact) mass is 266 g/mol. The van der Waals surface area contributed by atoms with Gasteiger partial charge in [-0.3, -0.25) is 4.98 Å². The first kappa shape index (κ1) is 12.5. The molecule has 0 radical (unpaired) electrons. The molecule has 3 rings (SSSR count). The molecule has 0 aliphatic carbocycles. The number of pyridine rings is 1. The lowest BCUT2D eigenvalue weighted by Crippen LogP contribution is -2.36. The predicted octanol–water partition coefficient (Wildman–Crippen LogP) is 1.13. The van der Waals surface area contributed by atoms with Crippen molar-refractivity contribution in [3.05, 3.63) is 72.1 Å². The van der Waals surface area contributed by atoms with E-state index in [9.17, 15) is 0 Å².